The van der Waals surface area contributed by atoms with E-state index in [2.05, 4.69) is 14.8 Å². The zero-order valence-electron chi connectivity index (χ0n) is 12.8. The molecule has 7 nitrogen and oxygen atoms in total. The lowest BCUT2D eigenvalue weighted by atomic mass is 10.3. The predicted octanol–water partition coefficient (Wildman–Crippen LogP) is 1.21. The van der Waals surface area contributed by atoms with Gasteiger partial charge in [0.15, 0.2) is 0 Å². The number of carbonyl (C=O) groups is 2. The largest absolute Gasteiger partial charge is 0.468 e. The number of methoxy groups -OCH3 is 1. The topological polar surface area (TPSA) is 102 Å². The van der Waals surface area contributed by atoms with E-state index in [1.54, 1.807) is 18.2 Å². The number of hydrogen-bond donors (Lipinski definition) is 2. The Labute approximate surface area is 135 Å². The van der Waals surface area contributed by atoms with Gasteiger partial charge in [-0.3, -0.25) is 9.59 Å². The van der Waals surface area contributed by atoms with Crippen molar-refractivity contribution >= 4 is 27.6 Å². The fourth-order valence-electron chi connectivity index (χ4n) is 1.46. The number of ether oxygens (including phenoxy) is 1. The van der Waals surface area contributed by atoms with Crippen molar-refractivity contribution in [3.8, 4) is 0 Å². The van der Waals surface area contributed by atoms with Crippen LogP contribution in [0.4, 0.5) is 5.69 Å². The Bertz CT molecular complexity index is 706. The van der Waals surface area contributed by atoms with E-state index in [9.17, 15) is 18.0 Å². The molecule has 23 heavy (non-hydrogen) atoms. The van der Waals surface area contributed by atoms with Gasteiger partial charge >= 0.3 is 5.97 Å². The zero-order chi connectivity index (χ0) is 17.3. The molecule has 1 aromatic carbocycles. The monoisotopic (exact) mass is 338 g/mol. The van der Waals surface area contributed by atoms with Crippen molar-refractivity contribution in [1.82, 2.24) is 4.72 Å². The van der Waals surface area contributed by atoms with Gasteiger partial charge in [0, 0.05) is 11.8 Å². The second kappa shape index (κ2) is 8.86. The highest BCUT2D eigenvalue weighted by molar-refractivity contribution is 7.89. The Morgan fingerprint density at radius 3 is 2.39 bits per heavy atom. The van der Waals surface area contributed by atoms with Crippen LogP contribution in [0.3, 0.4) is 0 Å². The lowest BCUT2D eigenvalue weighted by Gasteiger charge is -2.07. The Kier molecular flexibility index (Phi) is 7.17. The summed E-state index contributed by atoms with van der Waals surface area (Å²) in [6, 6.07) is 5.55. The summed E-state index contributed by atoms with van der Waals surface area (Å²) in [5, 5.41) is 2.59. The van der Waals surface area contributed by atoms with E-state index >= 15 is 0 Å². The van der Waals surface area contributed by atoms with Gasteiger partial charge in [0.2, 0.25) is 15.9 Å². The molecular weight excluding hydrogens is 320 g/mol. The Morgan fingerprint density at radius 2 is 1.83 bits per heavy atom. The van der Waals surface area contributed by atoms with Crippen LogP contribution < -0.4 is 10.0 Å². The summed E-state index contributed by atoms with van der Waals surface area (Å²) in [6.07, 6.45) is 6.43. The fraction of sp³-hybridized carbons (Fsp3) is 0.200. The number of hydrogen-bond acceptors (Lipinski definition) is 5. The zero-order valence-corrected chi connectivity index (χ0v) is 13.6. The van der Waals surface area contributed by atoms with Gasteiger partial charge in [-0.1, -0.05) is 18.2 Å². The highest BCUT2D eigenvalue weighted by atomic mass is 32.2. The van der Waals surface area contributed by atoms with E-state index in [0.717, 1.165) is 0 Å². The second-order valence-electron chi connectivity index (χ2n) is 4.30. The first kappa shape index (κ1) is 18.6. The predicted molar refractivity (Wildman–Crippen MR) is 86.2 cm³/mol. The molecule has 1 amide bonds. The summed E-state index contributed by atoms with van der Waals surface area (Å²) >= 11 is 0. The molecule has 0 aliphatic carbocycles. The van der Waals surface area contributed by atoms with Crippen molar-refractivity contribution < 1.29 is 22.7 Å². The summed E-state index contributed by atoms with van der Waals surface area (Å²) in [4.78, 5) is 22.5. The number of rotatable bonds is 7. The van der Waals surface area contributed by atoms with Crippen molar-refractivity contribution in [1.29, 1.82) is 0 Å². The van der Waals surface area contributed by atoms with Gasteiger partial charge < -0.3 is 10.1 Å². The number of anilines is 1. The summed E-state index contributed by atoms with van der Waals surface area (Å²) in [5.74, 6) is -1.02. The van der Waals surface area contributed by atoms with Crippen LogP contribution in [0.1, 0.15) is 6.92 Å². The van der Waals surface area contributed by atoms with E-state index in [1.807, 2.05) is 6.92 Å². The van der Waals surface area contributed by atoms with E-state index in [-0.39, 0.29) is 10.8 Å². The summed E-state index contributed by atoms with van der Waals surface area (Å²) < 4.78 is 30.3. The van der Waals surface area contributed by atoms with Crippen molar-refractivity contribution in [2.75, 3.05) is 19.0 Å². The molecule has 0 unspecified atom stereocenters. The van der Waals surface area contributed by atoms with Gasteiger partial charge in [-0.05, 0) is 31.2 Å². The van der Waals surface area contributed by atoms with E-state index in [0.29, 0.717) is 5.69 Å². The van der Waals surface area contributed by atoms with Gasteiger partial charge in [-0.25, -0.2) is 8.42 Å². The first-order chi connectivity index (χ1) is 10.9. The standard InChI is InChI=1S/C15H18N2O5S/c1-3-4-5-6-14(18)17-12-7-9-13(10-8-12)23(20,21)16-11-15(19)22-2/h3-10,16H,11H2,1-2H3,(H,17,18)/b4-3+,6-5+. The summed E-state index contributed by atoms with van der Waals surface area (Å²) in [7, 11) is -2.65. The molecule has 0 radical (unpaired) electrons. The first-order valence-corrected chi connectivity index (χ1v) is 8.14. The average molecular weight is 338 g/mol. The fourth-order valence-corrected chi connectivity index (χ4v) is 2.43. The first-order valence-electron chi connectivity index (χ1n) is 6.66. The third-order valence-electron chi connectivity index (χ3n) is 2.62. The second-order valence-corrected chi connectivity index (χ2v) is 6.07. The molecule has 1 rings (SSSR count). The van der Waals surface area contributed by atoms with Crippen LogP contribution in [0.15, 0.2) is 53.5 Å². The van der Waals surface area contributed by atoms with Crippen LogP contribution in [0, 0.1) is 0 Å². The average Bonchev–Trinajstić information content (AvgIpc) is 2.53. The quantitative estimate of drug-likeness (QED) is 0.442. The molecule has 0 bridgehead atoms. The van der Waals surface area contributed by atoms with Crippen LogP contribution in [0.25, 0.3) is 0 Å². The lowest BCUT2D eigenvalue weighted by Crippen LogP contribution is -2.30. The van der Waals surface area contributed by atoms with E-state index in [1.165, 1.54) is 37.5 Å². The van der Waals surface area contributed by atoms with E-state index < -0.39 is 22.5 Å². The number of esters is 1. The summed E-state index contributed by atoms with van der Waals surface area (Å²) in [6.45, 7) is 1.38. The van der Waals surface area contributed by atoms with Crippen LogP contribution in [0.5, 0.6) is 0 Å². The van der Waals surface area contributed by atoms with Crippen LogP contribution in [-0.2, 0) is 24.3 Å². The maximum absolute atomic E-state index is 11.9. The molecule has 1 aromatic rings. The van der Waals surface area contributed by atoms with Gasteiger partial charge in [0.05, 0.1) is 12.0 Å². The maximum Gasteiger partial charge on any atom is 0.320 e. The molecule has 0 spiro atoms. The van der Waals surface area contributed by atoms with Crippen LogP contribution >= 0.6 is 0 Å². The lowest BCUT2D eigenvalue weighted by molar-refractivity contribution is -0.139. The number of sulfonamides is 1. The van der Waals surface area contributed by atoms with Gasteiger partial charge in [-0.2, -0.15) is 4.72 Å². The molecule has 0 aromatic heterocycles. The Balaban J connectivity index is 2.72. The minimum absolute atomic E-state index is 0.0242. The Morgan fingerprint density at radius 1 is 1.17 bits per heavy atom. The van der Waals surface area contributed by atoms with Gasteiger partial charge in [0.25, 0.3) is 0 Å². The summed E-state index contributed by atoms with van der Waals surface area (Å²) in [5.41, 5.74) is 0.451. The molecule has 0 saturated carbocycles. The molecule has 2 N–H and O–H groups in total. The minimum Gasteiger partial charge on any atom is -0.468 e. The van der Waals surface area contributed by atoms with Crippen LogP contribution in [-0.4, -0.2) is 33.9 Å². The highest BCUT2D eigenvalue weighted by Crippen LogP contribution is 2.14. The number of amides is 1. The smallest absolute Gasteiger partial charge is 0.320 e. The molecule has 0 aliphatic rings. The van der Waals surface area contributed by atoms with Crippen molar-refractivity contribution in [2.24, 2.45) is 0 Å². The molecule has 0 atom stereocenters. The molecule has 0 saturated heterocycles. The van der Waals surface area contributed by atoms with Crippen molar-refractivity contribution in [2.45, 2.75) is 11.8 Å². The van der Waals surface area contributed by atoms with Crippen molar-refractivity contribution in [3.05, 3.63) is 48.6 Å². The number of allylic oxidation sites excluding steroid dienone is 3. The number of benzene rings is 1. The number of nitrogens with one attached hydrogen (secondary N) is 2. The molecule has 0 heterocycles. The van der Waals surface area contributed by atoms with Gasteiger partial charge in [-0.15, -0.1) is 0 Å². The minimum atomic E-state index is -3.81. The van der Waals surface area contributed by atoms with E-state index in [4.69, 9.17) is 0 Å². The maximum atomic E-state index is 11.9. The third kappa shape index (κ3) is 6.45. The highest BCUT2D eigenvalue weighted by Gasteiger charge is 2.15. The molecule has 124 valence electrons. The SMILES string of the molecule is C/C=C/C=C/C(=O)Nc1ccc(S(=O)(=O)NCC(=O)OC)cc1. The van der Waals surface area contributed by atoms with Crippen LogP contribution in [0.2, 0.25) is 0 Å². The molecule has 0 fully saturated rings. The number of carbonyl (C=O) groups excluding carboxylic acids is 2. The van der Waals surface area contributed by atoms with Crippen molar-refractivity contribution in [3.63, 3.8) is 0 Å². The molecular formula is C15H18N2O5S. The normalized spacial score (nSPS) is 11.7. The van der Waals surface area contributed by atoms with Gasteiger partial charge in [0.1, 0.15) is 6.54 Å². The molecule has 0 aliphatic heterocycles. The molecule has 8 heteroatoms. The third-order valence-corrected chi connectivity index (χ3v) is 4.03. The Hall–Kier alpha value is -2.45.